The number of nitrogens with one attached hydrogen (secondary N) is 1. The summed E-state index contributed by atoms with van der Waals surface area (Å²) in [7, 11) is 0. The first kappa shape index (κ1) is 18.6. The molecule has 8 heteroatoms. The Kier molecular flexibility index (Phi) is 5.52. The molecule has 0 aliphatic carbocycles. The van der Waals surface area contributed by atoms with Crippen LogP contribution in [0.4, 0.5) is 5.69 Å². The third-order valence-corrected chi connectivity index (χ3v) is 4.99. The molecule has 0 aliphatic rings. The molecule has 27 heavy (non-hydrogen) atoms. The minimum atomic E-state index is -0.406. The number of hydrogen-bond acceptors (Lipinski definition) is 6. The Morgan fingerprint density at radius 2 is 1.96 bits per heavy atom. The van der Waals surface area contributed by atoms with E-state index in [1.165, 1.54) is 11.8 Å². The van der Waals surface area contributed by atoms with Gasteiger partial charge in [0.1, 0.15) is 0 Å². The molecule has 3 rings (SSSR count). The van der Waals surface area contributed by atoms with Crippen molar-refractivity contribution in [3.8, 4) is 11.8 Å². The molecular weight excluding hydrogens is 360 g/mol. The van der Waals surface area contributed by atoms with Crippen LogP contribution in [0.15, 0.2) is 47.6 Å². The van der Waals surface area contributed by atoms with Crippen molar-refractivity contribution in [2.24, 2.45) is 0 Å². The molecular formula is C19H18N6OS. The minimum Gasteiger partial charge on any atom is -0.325 e. The number of benzene rings is 2. The molecule has 0 radical (unpaired) electrons. The fraction of sp³-hybridized carbons (Fsp3) is 0.211. The largest absolute Gasteiger partial charge is 0.325 e. The van der Waals surface area contributed by atoms with Gasteiger partial charge in [-0.2, -0.15) is 9.94 Å². The molecule has 0 aliphatic heterocycles. The van der Waals surface area contributed by atoms with Gasteiger partial charge in [-0.1, -0.05) is 29.5 Å². The number of aryl methyl sites for hydroxylation is 2. The van der Waals surface area contributed by atoms with E-state index in [0.29, 0.717) is 16.4 Å². The van der Waals surface area contributed by atoms with Gasteiger partial charge in [-0.3, -0.25) is 4.79 Å². The predicted molar refractivity (Wildman–Crippen MR) is 104 cm³/mol. The second-order valence-electron chi connectivity index (χ2n) is 6.10. The molecule has 0 spiro atoms. The lowest BCUT2D eigenvalue weighted by Gasteiger charge is -2.13. The Hall–Kier alpha value is -3.18. The van der Waals surface area contributed by atoms with Crippen molar-refractivity contribution >= 4 is 23.4 Å². The number of thioether (sulfide) groups is 1. The number of aromatic nitrogens is 4. The summed E-state index contributed by atoms with van der Waals surface area (Å²) in [6, 6.07) is 14.8. The zero-order valence-electron chi connectivity index (χ0n) is 15.2. The summed E-state index contributed by atoms with van der Waals surface area (Å²) < 4.78 is 1.64. The van der Waals surface area contributed by atoms with Crippen molar-refractivity contribution in [2.75, 3.05) is 5.32 Å². The van der Waals surface area contributed by atoms with Gasteiger partial charge in [0.05, 0.1) is 22.6 Å². The summed E-state index contributed by atoms with van der Waals surface area (Å²) in [5.74, 6) is -0.167. The molecule has 1 N–H and O–H groups in total. The average Bonchev–Trinajstić information content (AvgIpc) is 3.10. The van der Waals surface area contributed by atoms with Gasteiger partial charge in [0.2, 0.25) is 11.1 Å². The van der Waals surface area contributed by atoms with E-state index in [1.54, 1.807) is 35.9 Å². The van der Waals surface area contributed by atoms with Crippen LogP contribution in [0.3, 0.4) is 0 Å². The highest BCUT2D eigenvalue weighted by Gasteiger charge is 2.20. The van der Waals surface area contributed by atoms with E-state index in [9.17, 15) is 4.79 Å². The highest BCUT2D eigenvalue weighted by atomic mass is 32.2. The summed E-state index contributed by atoms with van der Waals surface area (Å²) in [6.07, 6.45) is 0. The van der Waals surface area contributed by atoms with Gasteiger partial charge in [0.25, 0.3) is 0 Å². The molecule has 0 saturated carbocycles. The maximum Gasteiger partial charge on any atom is 0.237 e. The molecule has 2 aromatic carbocycles. The normalized spacial score (nSPS) is 11.6. The van der Waals surface area contributed by atoms with Crippen LogP contribution in [0.25, 0.3) is 5.69 Å². The topological polar surface area (TPSA) is 96.5 Å². The number of nitriles is 1. The van der Waals surface area contributed by atoms with Crippen LogP contribution in [0.2, 0.25) is 0 Å². The third-order valence-electron chi connectivity index (χ3n) is 3.95. The quantitative estimate of drug-likeness (QED) is 0.685. The number of nitrogens with zero attached hydrogens (tertiary/aromatic N) is 5. The molecule has 0 fully saturated rings. The van der Waals surface area contributed by atoms with Crippen molar-refractivity contribution in [2.45, 2.75) is 31.2 Å². The lowest BCUT2D eigenvalue weighted by Crippen LogP contribution is -2.23. The number of tetrazole rings is 1. The molecule has 1 amide bonds. The molecule has 0 unspecified atom stereocenters. The van der Waals surface area contributed by atoms with E-state index < -0.39 is 5.25 Å². The standard InChI is InChI=1S/C19H18N6OS/c1-12-4-9-17(13(2)10-12)25-19(22-23-24-25)27-14(3)18(26)21-16-7-5-15(11-20)6-8-16/h4-10,14H,1-3H3,(H,21,26)/t14-/m1/s1. The molecule has 136 valence electrons. The van der Waals surface area contributed by atoms with Crippen molar-refractivity contribution in [1.29, 1.82) is 5.26 Å². The van der Waals surface area contributed by atoms with Gasteiger partial charge in [-0.25, -0.2) is 0 Å². The predicted octanol–water partition coefficient (Wildman–Crippen LogP) is 3.27. The highest BCUT2D eigenvalue weighted by molar-refractivity contribution is 8.00. The number of carbonyl (C=O) groups is 1. The van der Waals surface area contributed by atoms with Crippen LogP contribution in [-0.4, -0.2) is 31.4 Å². The zero-order valence-corrected chi connectivity index (χ0v) is 16.0. The minimum absolute atomic E-state index is 0.167. The molecule has 1 atom stereocenters. The SMILES string of the molecule is Cc1ccc(-n2nnnc2S[C@H](C)C(=O)Nc2ccc(C#N)cc2)c(C)c1. The Morgan fingerprint density at radius 1 is 1.22 bits per heavy atom. The summed E-state index contributed by atoms with van der Waals surface area (Å²) in [5, 5.41) is 23.7. The van der Waals surface area contributed by atoms with Crippen LogP contribution in [-0.2, 0) is 4.79 Å². The van der Waals surface area contributed by atoms with Gasteiger partial charge >= 0.3 is 0 Å². The molecule has 0 saturated heterocycles. The molecule has 1 aromatic heterocycles. The van der Waals surface area contributed by atoms with Crippen LogP contribution in [0.1, 0.15) is 23.6 Å². The number of anilines is 1. The van der Waals surface area contributed by atoms with E-state index in [4.69, 9.17) is 5.26 Å². The lowest BCUT2D eigenvalue weighted by atomic mass is 10.1. The summed E-state index contributed by atoms with van der Waals surface area (Å²) in [4.78, 5) is 12.5. The zero-order chi connectivity index (χ0) is 19.4. The number of amides is 1. The first-order chi connectivity index (χ1) is 13.0. The van der Waals surface area contributed by atoms with Gasteiger partial charge in [-0.15, -0.1) is 5.10 Å². The summed E-state index contributed by atoms with van der Waals surface area (Å²) in [5.41, 5.74) is 4.28. The number of hydrogen-bond donors (Lipinski definition) is 1. The molecule has 3 aromatic rings. The second-order valence-corrected chi connectivity index (χ2v) is 7.41. The van der Waals surface area contributed by atoms with E-state index >= 15 is 0 Å². The number of carbonyl (C=O) groups excluding carboxylic acids is 1. The fourth-order valence-corrected chi connectivity index (χ4v) is 3.33. The Morgan fingerprint density at radius 3 is 2.63 bits per heavy atom. The fourth-order valence-electron chi connectivity index (χ4n) is 2.53. The number of rotatable bonds is 5. The average molecular weight is 378 g/mol. The summed E-state index contributed by atoms with van der Waals surface area (Å²) >= 11 is 1.28. The highest BCUT2D eigenvalue weighted by Crippen LogP contribution is 2.25. The summed E-state index contributed by atoms with van der Waals surface area (Å²) in [6.45, 7) is 5.83. The van der Waals surface area contributed by atoms with E-state index in [-0.39, 0.29) is 5.91 Å². The van der Waals surface area contributed by atoms with Crippen molar-refractivity contribution in [3.63, 3.8) is 0 Å². The van der Waals surface area contributed by atoms with Crippen LogP contribution in [0.5, 0.6) is 0 Å². The first-order valence-electron chi connectivity index (χ1n) is 8.31. The molecule has 7 nitrogen and oxygen atoms in total. The smallest absolute Gasteiger partial charge is 0.237 e. The maximum atomic E-state index is 12.5. The Balaban J connectivity index is 1.72. The van der Waals surface area contributed by atoms with E-state index in [0.717, 1.165) is 16.8 Å². The van der Waals surface area contributed by atoms with Crippen molar-refractivity contribution < 1.29 is 4.79 Å². The third kappa shape index (κ3) is 4.33. The molecule has 1 heterocycles. The van der Waals surface area contributed by atoms with Crippen LogP contribution >= 0.6 is 11.8 Å². The van der Waals surface area contributed by atoms with E-state index in [1.807, 2.05) is 32.0 Å². The second kappa shape index (κ2) is 8.01. The first-order valence-corrected chi connectivity index (χ1v) is 9.19. The Bertz CT molecular complexity index is 1010. The van der Waals surface area contributed by atoms with Crippen LogP contribution < -0.4 is 5.32 Å². The monoisotopic (exact) mass is 378 g/mol. The van der Waals surface area contributed by atoms with Gasteiger partial charge in [0.15, 0.2) is 0 Å². The van der Waals surface area contributed by atoms with Crippen molar-refractivity contribution in [3.05, 3.63) is 59.2 Å². The van der Waals surface area contributed by atoms with E-state index in [2.05, 4.69) is 26.9 Å². The lowest BCUT2D eigenvalue weighted by molar-refractivity contribution is -0.115. The van der Waals surface area contributed by atoms with Gasteiger partial charge in [-0.05, 0) is 67.1 Å². The Labute approximate surface area is 161 Å². The van der Waals surface area contributed by atoms with Crippen molar-refractivity contribution in [1.82, 2.24) is 20.2 Å². The molecule has 0 bridgehead atoms. The van der Waals surface area contributed by atoms with Gasteiger partial charge in [0, 0.05) is 5.69 Å². The van der Waals surface area contributed by atoms with Crippen LogP contribution in [0, 0.1) is 25.2 Å². The maximum absolute atomic E-state index is 12.5. The van der Waals surface area contributed by atoms with Gasteiger partial charge < -0.3 is 5.32 Å².